The smallest absolute Gasteiger partial charge is 0.289 e. The number of pyridine rings is 1. The maximum absolute atomic E-state index is 12.5. The van der Waals surface area contributed by atoms with Crippen molar-refractivity contribution >= 4 is 27.7 Å². The molecule has 0 radical (unpaired) electrons. The van der Waals surface area contributed by atoms with Crippen LogP contribution in [0.1, 0.15) is 36.2 Å². The molecule has 0 saturated carbocycles. The topological polar surface area (TPSA) is 88.5 Å². The SMILES string of the molecule is CC(C)c1nc(-c2ccc(N3CCN(C(=O)c4ccc(Br)o4)CC3)nc2)no1. The van der Waals surface area contributed by atoms with E-state index in [4.69, 9.17) is 8.94 Å². The van der Waals surface area contributed by atoms with Gasteiger partial charge in [-0.3, -0.25) is 4.79 Å². The minimum Gasteiger partial charge on any atom is -0.444 e. The molecule has 0 spiro atoms. The maximum atomic E-state index is 12.5. The van der Waals surface area contributed by atoms with Gasteiger partial charge in [0.25, 0.3) is 5.91 Å². The molecule has 146 valence electrons. The number of carbonyl (C=O) groups excluding carboxylic acids is 1. The minimum atomic E-state index is -0.0910. The van der Waals surface area contributed by atoms with Gasteiger partial charge in [0.15, 0.2) is 10.4 Å². The van der Waals surface area contributed by atoms with Gasteiger partial charge in [-0.05, 0) is 40.2 Å². The zero-order chi connectivity index (χ0) is 19.7. The predicted octanol–water partition coefficient (Wildman–Crippen LogP) is 3.57. The molecule has 4 rings (SSSR count). The van der Waals surface area contributed by atoms with Crippen molar-refractivity contribution in [1.82, 2.24) is 20.0 Å². The molecule has 1 fully saturated rings. The lowest BCUT2D eigenvalue weighted by atomic mass is 10.2. The van der Waals surface area contributed by atoms with Gasteiger partial charge in [-0.15, -0.1) is 0 Å². The van der Waals surface area contributed by atoms with Gasteiger partial charge in [0.05, 0.1) is 0 Å². The number of carbonyl (C=O) groups is 1. The summed E-state index contributed by atoms with van der Waals surface area (Å²) in [7, 11) is 0. The van der Waals surface area contributed by atoms with Crippen molar-refractivity contribution in [2.45, 2.75) is 19.8 Å². The zero-order valence-electron chi connectivity index (χ0n) is 15.6. The monoisotopic (exact) mass is 445 g/mol. The lowest BCUT2D eigenvalue weighted by Crippen LogP contribution is -2.49. The number of hydrogen-bond acceptors (Lipinski definition) is 7. The molecule has 0 bridgehead atoms. The molecule has 3 aromatic heterocycles. The van der Waals surface area contributed by atoms with E-state index in [-0.39, 0.29) is 11.8 Å². The van der Waals surface area contributed by atoms with E-state index in [1.165, 1.54) is 0 Å². The molecule has 9 heteroatoms. The minimum absolute atomic E-state index is 0.0910. The number of halogens is 1. The molecular weight excluding hydrogens is 426 g/mol. The Labute approximate surface area is 170 Å². The van der Waals surface area contributed by atoms with E-state index in [2.05, 4.69) is 36.0 Å². The Balaban J connectivity index is 1.38. The predicted molar refractivity (Wildman–Crippen MR) is 106 cm³/mol. The van der Waals surface area contributed by atoms with Crippen LogP contribution in [0.25, 0.3) is 11.4 Å². The highest BCUT2D eigenvalue weighted by atomic mass is 79.9. The van der Waals surface area contributed by atoms with Crippen LogP contribution in [-0.4, -0.2) is 52.1 Å². The van der Waals surface area contributed by atoms with Gasteiger partial charge in [0.1, 0.15) is 5.82 Å². The summed E-state index contributed by atoms with van der Waals surface area (Å²) in [5.74, 6) is 2.47. The summed E-state index contributed by atoms with van der Waals surface area (Å²) >= 11 is 3.23. The molecule has 1 aliphatic heterocycles. The second-order valence-electron chi connectivity index (χ2n) is 6.90. The van der Waals surface area contributed by atoms with E-state index >= 15 is 0 Å². The fraction of sp³-hybridized carbons (Fsp3) is 0.368. The number of anilines is 1. The molecule has 0 N–H and O–H groups in total. The normalized spacial score (nSPS) is 14.7. The molecule has 8 nitrogen and oxygen atoms in total. The second-order valence-corrected chi connectivity index (χ2v) is 7.68. The molecule has 0 aromatic carbocycles. The van der Waals surface area contributed by atoms with Gasteiger partial charge in [-0.1, -0.05) is 19.0 Å². The standard InChI is InChI=1S/C19H20BrN5O3/c1-12(2)18-22-17(23-28-18)13-3-6-16(21-11-13)24-7-9-25(10-8-24)19(26)14-4-5-15(20)27-14/h3-6,11-12H,7-10H2,1-2H3. The number of amides is 1. The van der Waals surface area contributed by atoms with Crippen LogP contribution >= 0.6 is 15.9 Å². The number of hydrogen-bond donors (Lipinski definition) is 0. The molecule has 1 saturated heterocycles. The molecular formula is C19H20BrN5O3. The van der Waals surface area contributed by atoms with E-state index in [0.29, 0.717) is 48.3 Å². The summed E-state index contributed by atoms with van der Waals surface area (Å²) in [5.41, 5.74) is 0.816. The van der Waals surface area contributed by atoms with Gasteiger partial charge in [0, 0.05) is 43.9 Å². The summed E-state index contributed by atoms with van der Waals surface area (Å²) in [6.07, 6.45) is 1.75. The van der Waals surface area contributed by atoms with Gasteiger partial charge in [0.2, 0.25) is 11.7 Å². The molecule has 4 heterocycles. The third-order valence-electron chi connectivity index (χ3n) is 4.62. The van der Waals surface area contributed by atoms with Crippen molar-refractivity contribution in [3.8, 4) is 11.4 Å². The third-order valence-corrected chi connectivity index (χ3v) is 5.04. The molecule has 0 aliphatic carbocycles. The van der Waals surface area contributed by atoms with Crippen molar-refractivity contribution in [2.24, 2.45) is 0 Å². The van der Waals surface area contributed by atoms with Crippen LogP contribution in [0.3, 0.4) is 0 Å². The summed E-state index contributed by atoms with van der Waals surface area (Å²) in [5, 5.41) is 4.01. The molecule has 1 aliphatic rings. The van der Waals surface area contributed by atoms with Crippen LogP contribution in [0.4, 0.5) is 5.82 Å². The van der Waals surface area contributed by atoms with E-state index in [9.17, 15) is 4.79 Å². The van der Waals surface area contributed by atoms with E-state index in [1.807, 2.05) is 26.0 Å². The quantitative estimate of drug-likeness (QED) is 0.606. The summed E-state index contributed by atoms with van der Waals surface area (Å²) < 4.78 is 11.2. The van der Waals surface area contributed by atoms with Crippen LogP contribution in [0.2, 0.25) is 0 Å². The van der Waals surface area contributed by atoms with Crippen molar-refractivity contribution < 1.29 is 13.7 Å². The summed E-state index contributed by atoms with van der Waals surface area (Å²) in [4.78, 5) is 25.3. The number of piperazine rings is 1. The van der Waals surface area contributed by atoms with Gasteiger partial charge < -0.3 is 18.7 Å². The zero-order valence-corrected chi connectivity index (χ0v) is 17.2. The van der Waals surface area contributed by atoms with Crippen molar-refractivity contribution in [2.75, 3.05) is 31.1 Å². The van der Waals surface area contributed by atoms with Crippen molar-refractivity contribution in [1.29, 1.82) is 0 Å². The number of furan rings is 1. The Hall–Kier alpha value is -2.68. The average molecular weight is 446 g/mol. The van der Waals surface area contributed by atoms with Gasteiger partial charge in [-0.2, -0.15) is 4.98 Å². The first kappa shape index (κ1) is 18.7. The first-order valence-corrected chi connectivity index (χ1v) is 9.90. The van der Waals surface area contributed by atoms with Gasteiger partial charge >= 0.3 is 0 Å². The van der Waals surface area contributed by atoms with Crippen LogP contribution in [-0.2, 0) is 0 Å². The number of nitrogens with zero attached hydrogens (tertiary/aromatic N) is 5. The summed E-state index contributed by atoms with van der Waals surface area (Å²) in [6.45, 7) is 6.66. The van der Waals surface area contributed by atoms with Crippen molar-refractivity contribution in [3.05, 3.63) is 46.8 Å². The Morgan fingerprint density at radius 1 is 1.14 bits per heavy atom. The molecule has 28 heavy (non-hydrogen) atoms. The van der Waals surface area contributed by atoms with Crippen LogP contribution < -0.4 is 4.90 Å². The first-order valence-electron chi connectivity index (χ1n) is 9.11. The molecule has 3 aromatic rings. The Kier molecular flexibility index (Phi) is 5.17. The Bertz CT molecular complexity index is 958. The van der Waals surface area contributed by atoms with Crippen molar-refractivity contribution in [3.63, 3.8) is 0 Å². The highest BCUT2D eigenvalue weighted by molar-refractivity contribution is 9.10. The van der Waals surface area contributed by atoms with Crippen LogP contribution in [0, 0.1) is 0 Å². The first-order chi connectivity index (χ1) is 13.5. The molecule has 0 atom stereocenters. The lowest BCUT2D eigenvalue weighted by molar-refractivity contribution is 0.0713. The number of rotatable bonds is 4. The number of aromatic nitrogens is 3. The van der Waals surface area contributed by atoms with Crippen LogP contribution in [0.15, 0.2) is 44.1 Å². The second kappa shape index (κ2) is 7.75. The fourth-order valence-electron chi connectivity index (χ4n) is 3.02. The Morgan fingerprint density at radius 3 is 2.50 bits per heavy atom. The third kappa shape index (κ3) is 3.80. The van der Waals surface area contributed by atoms with E-state index in [1.54, 1.807) is 23.2 Å². The lowest BCUT2D eigenvalue weighted by Gasteiger charge is -2.35. The Morgan fingerprint density at radius 2 is 1.93 bits per heavy atom. The average Bonchev–Trinajstić information content (AvgIpc) is 3.37. The highest BCUT2D eigenvalue weighted by Gasteiger charge is 2.25. The largest absolute Gasteiger partial charge is 0.444 e. The maximum Gasteiger partial charge on any atom is 0.289 e. The van der Waals surface area contributed by atoms with Gasteiger partial charge in [-0.25, -0.2) is 4.98 Å². The molecule has 0 unspecified atom stereocenters. The molecule has 1 amide bonds. The van der Waals surface area contributed by atoms with E-state index < -0.39 is 0 Å². The van der Waals surface area contributed by atoms with E-state index in [0.717, 1.165) is 11.4 Å². The highest BCUT2D eigenvalue weighted by Crippen LogP contribution is 2.22. The fourth-order valence-corrected chi connectivity index (χ4v) is 3.32. The summed E-state index contributed by atoms with van der Waals surface area (Å²) in [6, 6.07) is 7.29. The van der Waals surface area contributed by atoms with Crippen LogP contribution in [0.5, 0.6) is 0 Å².